The molecule has 0 radical (unpaired) electrons. The summed E-state index contributed by atoms with van der Waals surface area (Å²) in [6.45, 7) is 8.34. The summed E-state index contributed by atoms with van der Waals surface area (Å²) in [6, 6.07) is 3.52. The molecule has 1 aromatic heterocycles. The molecular weight excluding hydrogens is 362 g/mol. The molecule has 134 valence electrons. The quantitative estimate of drug-likeness (QED) is 0.817. The molecule has 1 atom stereocenters. The number of hydrogen-bond acceptors (Lipinski definition) is 5. The van der Waals surface area contributed by atoms with E-state index in [-0.39, 0.29) is 15.5 Å². The summed E-state index contributed by atoms with van der Waals surface area (Å²) in [5.41, 5.74) is 1.31. The van der Waals surface area contributed by atoms with Gasteiger partial charge in [-0.1, -0.05) is 18.2 Å². The SMILES string of the molecule is C=C(C)c1nc2ccc(Cl)c(S(=O)(=O)N3CCN4CCCC4C3)c2o1. The lowest BCUT2D eigenvalue weighted by Crippen LogP contribution is -2.51. The average Bonchev–Trinajstić information content (AvgIpc) is 3.19. The van der Waals surface area contributed by atoms with Gasteiger partial charge < -0.3 is 4.42 Å². The molecule has 0 aliphatic carbocycles. The van der Waals surface area contributed by atoms with Crippen LogP contribution in [0.4, 0.5) is 0 Å². The van der Waals surface area contributed by atoms with Crippen molar-refractivity contribution >= 4 is 38.3 Å². The molecule has 2 aliphatic rings. The number of rotatable bonds is 3. The van der Waals surface area contributed by atoms with Crippen molar-refractivity contribution < 1.29 is 12.8 Å². The maximum atomic E-state index is 13.3. The molecule has 3 heterocycles. The molecule has 0 bridgehead atoms. The monoisotopic (exact) mass is 381 g/mol. The minimum atomic E-state index is -3.76. The number of aromatic nitrogens is 1. The van der Waals surface area contributed by atoms with Gasteiger partial charge in [0.2, 0.25) is 15.9 Å². The summed E-state index contributed by atoms with van der Waals surface area (Å²) in [6.07, 6.45) is 2.16. The lowest BCUT2D eigenvalue weighted by molar-refractivity contribution is 0.158. The van der Waals surface area contributed by atoms with Gasteiger partial charge in [0.05, 0.1) is 5.02 Å². The second kappa shape index (κ2) is 6.09. The normalized spacial score (nSPS) is 22.4. The standard InChI is InChI=1S/C17H20ClN3O3S/c1-11(2)17-19-14-6-5-13(18)16(15(14)24-17)25(22,23)21-9-8-20-7-3-4-12(20)10-21/h5-6,12H,1,3-4,7-10H2,2H3. The molecular formula is C17H20ClN3O3S. The van der Waals surface area contributed by atoms with Crippen molar-refractivity contribution in [2.24, 2.45) is 0 Å². The fourth-order valence-electron chi connectivity index (χ4n) is 3.68. The molecule has 0 N–H and O–H groups in total. The fourth-order valence-corrected chi connectivity index (χ4v) is 5.76. The van der Waals surface area contributed by atoms with E-state index in [2.05, 4.69) is 16.5 Å². The zero-order valence-corrected chi connectivity index (χ0v) is 15.6. The summed E-state index contributed by atoms with van der Waals surface area (Å²) in [5.74, 6) is 0.328. The Hall–Kier alpha value is -1.41. The lowest BCUT2D eigenvalue weighted by atomic mass is 10.2. The smallest absolute Gasteiger partial charge is 0.248 e. The lowest BCUT2D eigenvalue weighted by Gasteiger charge is -2.36. The number of benzene rings is 1. The molecule has 4 rings (SSSR count). The van der Waals surface area contributed by atoms with Crippen molar-refractivity contribution in [2.75, 3.05) is 26.2 Å². The number of hydrogen-bond donors (Lipinski definition) is 0. The van der Waals surface area contributed by atoms with Crippen LogP contribution < -0.4 is 0 Å². The van der Waals surface area contributed by atoms with Crippen molar-refractivity contribution in [3.8, 4) is 0 Å². The van der Waals surface area contributed by atoms with E-state index in [9.17, 15) is 8.42 Å². The minimum absolute atomic E-state index is 0.0121. The van der Waals surface area contributed by atoms with Crippen molar-refractivity contribution in [3.05, 3.63) is 29.6 Å². The number of nitrogens with zero attached hydrogens (tertiary/aromatic N) is 3. The number of allylic oxidation sites excluding steroid dienone is 1. The Morgan fingerprint density at radius 1 is 1.36 bits per heavy atom. The van der Waals surface area contributed by atoms with E-state index in [0.717, 1.165) is 25.9 Å². The Bertz CT molecular complexity index is 953. The Balaban J connectivity index is 1.79. The third-order valence-corrected chi connectivity index (χ3v) is 7.34. The molecule has 2 fully saturated rings. The van der Waals surface area contributed by atoms with Crippen molar-refractivity contribution in [1.82, 2.24) is 14.2 Å². The van der Waals surface area contributed by atoms with Crippen LogP contribution in [0.2, 0.25) is 5.02 Å². The molecule has 1 unspecified atom stereocenters. The molecule has 0 amide bonds. The Kier molecular flexibility index (Phi) is 4.15. The van der Waals surface area contributed by atoms with Gasteiger partial charge in [-0.3, -0.25) is 4.90 Å². The maximum absolute atomic E-state index is 13.3. The number of oxazole rings is 1. The van der Waals surface area contributed by atoms with Gasteiger partial charge in [0, 0.05) is 31.2 Å². The summed E-state index contributed by atoms with van der Waals surface area (Å²) in [7, 11) is -3.76. The van der Waals surface area contributed by atoms with Crippen molar-refractivity contribution in [2.45, 2.75) is 30.7 Å². The third kappa shape index (κ3) is 2.79. The molecule has 2 saturated heterocycles. The third-order valence-electron chi connectivity index (χ3n) is 4.98. The molecule has 2 aromatic rings. The second-order valence-electron chi connectivity index (χ2n) is 6.72. The highest BCUT2D eigenvalue weighted by molar-refractivity contribution is 7.89. The first-order valence-electron chi connectivity index (χ1n) is 8.37. The van der Waals surface area contributed by atoms with Gasteiger partial charge >= 0.3 is 0 Å². The molecule has 25 heavy (non-hydrogen) atoms. The fraction of sp³-hybridized carbons (Fsp3) is 0.471. The van der Waals surface area contributed by atoms with Gasteiger partial charge in [-0.15, -0.1) is 0 Å². The van der Waals surface area contributed by atoms with Crippen LogP contribution in [0.15, 0.2) is 28.0 Å². The Labute approximate surface area is 152 Å². The van der Waals surface area contributed by atoms with Crippen LogP contribution in [-0.4, -0.2) is 54.8 Å². The van der Waals surface area contributed by atoms with Crippen LogP contribution in [0.5, 0.6) is 0 Å². The van der Waals surface area contributed by atoms with Gasteiger partial charge in [0.1, 0.15) is 10.4 Å². The predicted octanol–water partition coefficient (Wildman–Crippen LogP) is 2.98. The van der Waals surface area contributed by atoms with Crippen molar-refractivity contribution in [3.63, 3.8) is 0 Å². The van der Waals surface area contributed by atoms with Crippen LogP contribution >= 0.6 is 11.6 Å². The minimum Gasteiger partial charge on any atom is -0.435 e. The van der Waals surface area contributed by atoms with Gasteiger partial charge in [-0.05, 0) is 38.4 Å². The predicted molar refractivity (Wildman–Crippen MR) is 97.1 cm³/mol. The van der Waals surface area contributed by atoms with Crippen LogP contribution in [0.3, 0.4) is 0 Å². The highest BCUT2D eigenvalue weighted by Gasteiger charge is 2.38. The second-order valence-corrected chi connectivity index (χ2v) is 9.00. The molecule has 6 nitrogen and oxygen atoms in total. The highest BCUT2D eigenvalue weighted by Crippen LogP contribution is 2.35. The number of fused-ring (bicyclic) bond motifs is 2. The van der Waals surface area contributed by atoms with Crippen LogP contribution in [-0.2, 0) is 10.0 Å². The highest BCUT2D eigenvalue weighted by atomic mass is 35.5. The largest absolute Gasteiger partial charge is 0.435 e. The van der Waals surface area contributed by atoms with E-state index in [1.807, 2.05) is 0 Å². The van der Waals surface area contributed by atoms with E-state index >= 15 is 0 Å². The maximum Gasteiger partial charge on any atom is 0.248 e. The van der Waals surface area contributed by atoms with E-state index in [1.165, 1.54) is 4.31 Å². The topological polar surface area (TPSA) is 66.7 Å². The number of halogens is 1. The van der Waals surface area contributed by atoms with Gasteiger partial charge in [-0.25, -0.2) is 13.4 Å². The van der Waals surface area contributed by atoms with Gasteiger partial charge in [0.15, 0.2) is 5.58 Å². The van der Waals surface area contributed by atoms with Crippen LogP contribution in [0.25, 0.3) is 16.7 Å². The first-order chi connectivity index (χ1) is 11.9. The number of sulfonamides is 1. The summed E-state index contributed by atoms with van der Waals surface area (Å²) in [4.78, 5) is 6.68. The zero-order valence-electron chi connectivity index (χ0n) is 14.0. The van der Waals surface area contributed by atoms with Crippen LogP contribution in [0, 0.1) is 0 Å². The molecule has 8 heteroatoms. The first kappa shape index (κ1) is 17.0. The summed E-state index contributed by atoms with van der Waals surface area (Å²) in [5, 5.41) is 0.158. The summed E-state index contributed by atoms with van der Waals surface area (Å²) >= 11 is 6.28. The number of piperazine rings is 1. The Morgan fingerprint density at radius 2 is 2.16 bits per heavy atom. The van der Waals surface area contributed by atoms with Crippen LogP contribution in [0.1, 0.15) is 25.7 Å². The van der Waals surface area contributed by atoms with E-state index < -0.39 is 10.0 Å². The molecule has 1 aromatic carbocycles. The van der Waals surface area contributed by atoms with E-state index in [0.29, 0.717) is 36.1 Å². The van der Waals surface area contributed by atoms with Crippen molar-refractivity contribution in [1.29, 1.82) is 0 Å². The molecule has 2 aliphatic heterocycles. The molecule has 0 saturated carbocycles. The zero-order chi connectivity index (χ0) is 17.8. The molecule has 0 spiro atoms. The van der Waals surface area contributed by atoms with Gasteiger partial charge in [0.25, 0.3) is 0 Å². The summed E-state index contributed by atoms with van der Waals surface area (Å²) < 4.78 is 33.8. The van der Waals surface area contributed by atoms with E-state index in [4.69, 9.17) is 16.0 Å². The average molecular weight is 382 g/mol. The first-order valence-corrected chi connectivity index (χ1v) is 10.2. The Morgan fingerprint density at radius 3 is 2.92 bits per heavy atom. The van der Waals surface area contributed by atoms with Gasteiger partial charge in [-0.2, -0.15) is 4.31 Å². The van der Waals surface area contributed by atoms with E-state index in [1.54, 1.807) is 19.1 Å².